The van der Waals surface area contributed by atoms with Gasteiger partial charge in [0.1, 0.15) is 17.5 Å². The van der Waals surface area contributed by atoms with Crippen LogP contribution in [0.2, 0.25) is 0 Å². The van der Waals surface area contributed by atoms with Crippen LogP contribution >= 0.6 is 0 Å². The van der Waals surface area contributed by atoms with Crippen molar-refractivity contribution in [2.45, 2.75) is 6.54 Å². The van der Waals surface area contributed by atoms with Crippen LogP contribution < -0.4 is 14.8 Å². The highest BCUT2D eigenvalue weighted by Crippen LogP contribution is 2.34. The third-order valence-corrected chi connectivity index (χ3v) is 5.42. The molecular weight excluding hydrogens is 459 g/mol. The molecule has 1 amide bonds. The van der Waals surface area contributed by atoms with Crippen LogP contribution in [0.1, 0.15) is 11.1 Å². The van der Waals surface area contributed by atoms with Crippen LogP contribution in [0, 0.1) is 17.1 Å². The lowest BCUT2D eigenvalue weighted by atomic mass is 10.0. The third kappa shape index (κ3) is 5.42. The average Bonchev–Trinajstić information content (AvgIpc) is 3.30. The first-order valence-electron chi connectivity index (χ1n) is 11.0. The predicted octanol–water partition coefficient (Wildman–Crippen LogP) is 5.30. The first-order valence-corrected chi connectivity index (χ1v) is 11.0. The molecule has 1 heterocycles. The number of hydrogen-bond acceptors (Lipinski definition) is 5. The van der Waals surface area contributed by atoms with Crippen molar-refractivity contribution in [3.63, 3.8) is 0 Å². The molecule has 8 heteroatoms. The van der Waals surface area contributed by atoms with Gasteiger partial charge in [0.25, 0.3) is 5.91 Å². The van der Waals surface area contributed by atoms with Gasteiger partial charge in [0, 0.05) is 17.3 Å². The fourth-order valence-electron chi connectivity index (χ4n) is 3.66. The van der Waals surface area contributed by atoms with Gasteiger partial charge in [0.05, 0.1) is 32.1 Å². The molecule has 0 radical (unpaired) electrons. The summed E-state index contributed by atoms with van der Waals surface area (Å²) in [7, 11) is 3.09. The Kier molecular flexibility index (Phi) is 7.42. The summed E-state index contributed by atoms with van der Waals surface area (Å²) >= 11 is 0. The molecule has 0 saturated carbocycles. The lowest BCUT2D eigenvalue weighted by Gasteiger charge is -2.09. The number of anilines is 1. The lowest BCUT2D eigenvalue weighted by Crippen LogP contribution is -2.14. The van der Waals surface area contributed by atoms with Crippen molar-refractivity contribution < 1.29 is 18.7 Å². The molecule has 0 saturated heterocycles. The SMILES string of the molecule is COc1ccc(-c2nn(Cc3ccccc3)cc2/C=C(\C#N)C(=O)Nc2ccccc2F)cc1OC. The summed E-state index contributed by atoms with van der Waals surface area (Å²) in [5.41, 5.74) is 2.61. The quantitative estimate of drug-likeness (QED) is 0.272. The second-order valence-corrected chi connectivity index (χ2v) is 7.79. The summed E-state index contributed by atoms with van der Waals surface area (Å²) in [5, 5.41) is 16.9. The summed E-state index contributed by atoms with van der Waals surface area (Å²) in [5.74, 6) is -0.245. The fourth-order valence-corrected chi connectivity index (χ4v) is 3.66. The van der Waals surface area contributed by atoms with Crippen LogP contribution in [0.5, 0.6) is 11.5 Å². The van der Waals surface area contributed by atoms with Gasteiger partial charge in [-0.15, -0.1) is 0 Å². The average molecular weight is 483 g/mol. The first kappa shape index (κ1) is 24.2. The highest BCUT2D eigenvalue weighted by molar-refractivity contribution is 6.10. The van der Waals surface area contributed by atoms with Crippen molar-refractivity contribution in [2.24, 2.45) is 0 Å². The maximum atomic E-state index is 14.0. The van der Waals surface area contributed by atoms with E-state index >= 15 is 0 Å². The van der Waals surface area contributed by atoms with Crippen LogP contribution in [0.15, 0.2) is 84.6 Å². The molecular formula is C28H23FN4O3. The number of hydrogen-bond donors (Lipinski definition) is 1. The second-order valence-electron chi connectivity index (χ2n) is 7.79. The molecule has 3 aromatic carbocycles. The molecule has 0 atom stereocenters. The molecule has 7 nitrogen and oxygen atoms in total. The van der Waals surface area contributed by atoms with Crippen molar-refractivity contribution >= 4 is 17.7 Å². The predicted molar refractivity (Wildman–Crippen MR) is 135 cm³/mol. The number of para-hydroxylation sites is 1. The molecule has 0 bridgehead atoms. The summed E-state index contributed by atoms with van der Waals surface area (Å²) in [6, 6.07) is 22.8. The van der Waals surface area contributed by atoms with E-state index in [4.69, 9.17) is 14.6 Å². The van der Waals surface area contributed by atoms with E-state index in [1.54, 1.807) is 36.2 Å². The molecule has 0 unspecified atom stereocenters. The summed E-state index contributed by atoms with van der Waals surface area (Å²) < 4.78 is 26.5. The van der Waals surface area contributed by atoms with Gasteiger partial charge < -0.3 is 14.8 Å². The van der Waals surface area contributed by atoms with Gasteiger partial charge in [-0.2, -0.15) is 10.4 Å². The Morgan fingerprint density at radius 2 is 1.78 bits per heavy atom. The number of carbonyl (C=O) groups excluding carboxylic acids is 1. The maximum absolute atomic E-state index is 14.0. The topological polar surface area (TPSA) is 89.2 Å². The van der Waals surface area contributed by atoms with Gasteiger partial charge in [-0.25, -0.2) is 4.39 Å². The van der Waals surface area contributed by atoms with E-state index in [1.807, 2.05) is 42.5 Å². The second kappa shape index (κ2) is 11.0. The molecule has 0 aliphatic rings. The molecule has 36 heavy (non-hydrogen) atoms. The zero-order valence-corrected chi connectivity index (χ0v) is 19.7. The minimum Gasteiger partial charge on any atom is -0.493 e. The molecule has 0 aliphatic heterocycles. The minimum absolute atomic E-state index is 0.0106. The molecule has 4 aromatic rings. The van der Waals surface area contributed by atoms with E-state index in [9.17, 15) is 14.4 Å². The smallest absolute Gasteiger partial charge is 0.266 e. The van der Waals surface area contributed by atoms with Gasteiger partial charge in [-0.05, 0) is 42.0 Å². The van der Waals surface area contributed by atoms with E-state index in [-0.39, 0.29) is 11.3 Å². The van der Waals surface area contributed by atoms with Crippen LogP contribution in [0.3, 0.4) is 0 Å². The van der Waals surface area contributed by atoms with E-state index in [0.29, 0.717) is 34.9 Å². The number of rotatable bonds is 8. The summed E-state index contributed by atoms with van der Waals surface area (Å²) in [4.78, 5) is 12.8. The molecule has 1 aromatic heterocycles. The third-order valence-electron chi connectivity index (χ3n) is 5.42. The number of benzene rings is 3. The Bertz CT molecular complexity index is 1460. The van der Waals surface area contributed by atoms with E-state index < -0.39 is 11.7 Å². The highest BCUT2D eigenvalue weighted by atomic mass is 19.1. The first-order chi connectivity index (χ1) is 17.5. The largest absolute Gasteiger partial charge is 0.493 e. The standard InChI is InChI=1S/C28H23FN4O3/c1-35-25-13-12-20(15-26(25)36-2)27-22(18-33(32-27)17-19-8-4-3-5-9-19)14-21(16-30)28(34)31-24-11-7-6-10-23(24)29/h3-15,18H,17H2,1-2H3,(H,31,34)/b21-14+. The molecule has 0 fully saturated rings. The van der Waals surface area contributed by atoms with Crippen molar-refractivity contribution in [1.82, 2.24) is 9.78 Å². The van der Waals surface area contributed by atoms with E-state index in [2.05, 4.69) is 5.32 Å². The summed E-state index contributed by atoms with van der Waals surface area (Å²) in [6.45, 7) is 0.484. The molecule has 0 spiro atoms. The van der Waals surface area contributed by atoms with E-state index in [0.717, 1.165) is 5.56 Å². The Balaban J connectivity index is 1.75. The van der Waals surface area contributed by atoms with Crippen molar-refractivity contribution in [1.29, 1.82) is 5.26 Å². The fraction of sp³-hybridized carbons (Fsp3) is 0.107. The van der Waals surface area contributed by atoms with E-state index in [1.165, 1.54) is 31.4 Å². The zero-order chi connectivity index (χ0) is 25.5. The van der Waals surface area contributed by atoms with Crippen LogP contribution in [0.25, 0.3) is 17.3 Å². The number of nitriles is 1. The van der Waals surface area contributed by atoms with Gasteiger partial charge in [-0.1, -0.05) is 42.5 Å². The molecule has 4 rings (SSSR count). The van der Waals surface area contributed by atoms with Crippen molar-refractivity contribution in [2.75, 3.05) is 19.5 Å². The number of amides is 1. The van der Waals surface area contributed by atoms with Gasteiger partial charge >= 0.3 is 0 Å². The number of aromatic nitrogens is 2. The van der Waals surface area contributed by atoms with Crippen molar-refractivity contribution in [3.05, 3.63) is 102 Å². The maximum Gasteiger partial charge on any atom is 0.266 e. The Labute approximate surface area is 208 Å². The van der Waals surface area contributed by atoms with Gasteiger partial charge in [0.15, 0.2) is 11.5 Å². The monoisotopic (exact) mass is 482 g/mol. The zero-order valence-electron chi connectivity index (χ0n) is 19.7. The number of nitrogens with one attached hydrogen (secondary N) is 1. The van der Waals surface area contributed by atoms with Crippen LogP contribution in [-0.2, 0) is 11.3 Å². The van der Waals surface area contributed by atoms with Crippen LogP contribution in [-0.4, -0.2) is 29.9 Å². The normalized spacial score (nSPS) is 11.0. The Morgan fingerprint density at radius 1 is 1.06 bits per heavy atom. The number of carbonyl (C=O) groups is 1. The minimum atomic E-state index is -0.725. The Morgan fingerprint density at radius 3 is 2.47 bits per heavy atom. The van der Waals surface area contributed by atoms with Gasteiger partial charge in [-0.3, -0.25) is 9.48 Å². The number of nitrogens with zero attached hydrogens (tertiary/aromatic N) is 3. The number of methoxy groups -OCH3 is 2. The number of halogens is 1. The number of ether oxygens (including phenoxy) is 2. The molecule has 180 valence electrons. The van der Waals surface area contributed by atoms with Gasteiger partial charge in [0.2, 0.25) is 0 Å². The van der Waals surface area contributed by atoms with Crippen LogP contribution in [0.4, 0.5) is 10.1 Å². The Hall–Kier alpha value is -4.90. The molecule has 1 N–H and O–H groups in total. The highest BCUT2D eigenvalue weighted by Gasteiger charge is 2.17. The lowest BCUT2D eigenvalue weighted by molar-refractivity contribution is -0.112. The van der Waals surface area contributed by atoms with Crippen molar-refractivity contribution in [3.8, 4) is 28.8 Å². The summed E-state index contributed by atoms with van der Waals surface area (Å²) in [6.07, 6.45) is 3.20. The molecule has 0 aliphatic carbocycles.